The Morgan fingerprint density at radius 1 is 1.19 bits per heavy atom. The third-order valence-corrected chi connectivity index (χ3v) is 4.56. The van der Waals surface area contributed by atoms with E-state index < -0.39 is 17.5 Å². The van der Waals surface area contributed by atoms with Crippen molar-refractivity contribution in [3.63, 3.8) is 0 Å². The molecule has 1 unspecified atom stereocenters. The van der Waals surface area contributed by atoms with Gasteiger partial charge in [0, 0.05) is 5.56 Å². The lowest BCUT2D eigenvalue weighted by Crippen LogP contribution is -2.26. The summed E-state index contributed by atoms with van der Waals surface area (Å²) in [7, 11) is 0. The van der Waals surface area contributed by atoms with Crippen molar-refractivity contribution in [2.45, 2.75) is 26.9 Å². The summed E-state index contributed by atoms with van der Waals surface area (Å²) in [6.45, 7) is 5.15. The lowest BCUT2D eigenvalue weighted by Gasteiger charge is -2.15. The quantitative estimate of drug-likeness (QED) is 0.725. The SMILES string of the molecule is Cc1cc2oc(-c3ccccc3Cl)c(OC(C)C(=O)O)c(=O)c2cc1C. The average Bonchev–Trinajstić information content (AvgIpc) is 2.59. The van der Waals surface area contributed by atoms with Gasteiger partial charge in [-0.15, -0.1) is 0 Å². The second-order valence-corrected chi connectivity index (χ2v) is 6.51. The zero-order chi connectivity index (χ0) is 19.0. The molecule has 0 aliphatic carbocycles. The molecular weight excluding hydrogens is 356 g/mol. The fourth-order valence-electron chi connectivity index (χ4n) is 2.59. The highest BCUT2D eigenvalue weighted by molar-refractivity contribution is 6.33. The summed E-state index contributed by atoms with van der Waals surface area (Å²) >= 11 is 6.26. The molecule has 0 aliphatic rings. The Morgan fingerprint density at radius 2 is 1.85 bits per heavy atom. The molecule has 0 saturated heterocycles. The lowest BCUT2D eigenvalue weighted by atomic mass is 10.0. The molecule has 0 fully saturated rings. The molecule has 134 valence electrons. The number of carboxylic acid groups (broad SMARTS) is 1. The zero-order valence-electron chi connectivity index (χ0n) is 14.5. The van der Waals surface area contributed by atoms with Crippen LogP contribution in [0, 0.1) is 13.8 Å². The normalized spacial score (nSPS) is 12.2. The van der Waals surface area contributed by atoms with Crippen molar-refractivity contribution in [2.75, 3.05) is 0 Å². The molecule has 2 aromatic carbocycles. The van der Waals surface area contributed by atoms with Crippen LogP contribution in [-0.4, -0.2) is 17.2 Å². The van der Waals surface area contributed by atoms with Crippen molar-refractivity contribution in [2.24, 2.45) is 0 Å². The minimum atomic E-state index is -1.22. The molecule has 1 atom stereocenters. The Bertz CT molecular complexity index is 1070. The van der Waals surface area contributed by atoms with E-state index in [-0.39, 0.29) is 11.5 Å². The monoisotopic (exact) mass is 372 g/mol. The number of halogens is 1. The number of benzene rings is 2. The highest BCUT2D eigenvalue weighted by Gasteiger charge is 2.24. The van der Waals surface area contributed by atoms with Crippen LogP contribution >= 0.6 is 11.6 Å². The first-order valence-corrected chi connectivity index (χ1v) is 8.39. The van der Waals surface area contributed by atoms with Crippen LogP contribution in [0.4, 0.5) is 0 Å². The smallest absolute Gasteiger partial charge is 0.344 e. The maximum atomic E-state index is 13.0. The van der Waals surface area contributed by atoms with Crippen LogP contribution in [0.3, 0.4) is 0 Å². The van der Waals surface area contributed by atoms with Crippen molar-refractivity contribution >= 4 is 28.5 Å². The van der Waals surface area contributed by atoms with Crippen LogP contribution in [0.5, 0.6) is 5.75 Å². The van der Waals surface area contributed by atoms with Gasteiger partial charge in [-0.05, 0) is 56.2 Å². The fraction of sp³-hybridized carbons (Fsp3) is 0.200. The number of rotatable bonds is 4. The third-order valence-electron chi connectivity index (χ3n) is 4.23. The fourth-order valence-corrected chi connectivity index (χ4v) is 2.81. The van der Waals surface area contributed by atoms with E-state index in [4.69, 9.17) is 25.9 Å². The second-order valence-electron chi connectivity index (χ2n) is 6.10. The molecule has 6 heteroatoms. The van der Waals surface area contributed by atoms with Gasteiger partial charge in [0.05, 0.1) is 10.4 Å². The number of aryl methyl sites for hydroxylation is 2. The molecule has 0 amide bonds. The summed E-state index contributed by atoms with van der Waals surface area (Å²) in [5.41, 5.74) is 2.31. The van der Waals surface area contributed by atoms with Crippen LogP contribution in [0.2, 0.25) is 5.02 Å². The van der Waals surface area contributed by atoms with E-state index in [0.29, 0.717) is 21.6 Å². The Labute approximate surface area is 154 Å². The number of fused-ring (bicyclic) bond motifs is 1. The molecular formula is C20H17ClO5. The van der Waals surface area contributed by atoms with Crippen molar-refractivity contribution in [1.29, 1.82) is 0 Å². The zero-order valence-corrected chi connectivity index (χ0v) is 15.3. The summed E-state index contributed by atoms with van der Waals surface area (Å²) < 4.78 is 11.4. The van der Waals surface area contributed by atoms with E-state index in [9.17, 15) is 9.59 Å². The van der Waals surface area contributed by atoms with E-state index in [1.807, 2.05) is 13.8 Å². The third kappa shape index (κ3) is 3.18. The number of ether oxygens (including phenoxy) is 1. The maximum absolute atomic E-state index is 13.0. The number of carboxylic acids is 1. The van der Waals surface area contributed by atoms with Gasteiger partial charge in [-0.25, -0.2) is 4.79 Å². The Morgan fingerprint density at radius 3 is 2.50 bits per heavy atom. The minimum absolute atomic E-state index is 0.115. The molecule has 0 aliphatic heterocycles. The van der Waals surface area contributed by atoms with Crippen molar-refractivity contribution in [3.05, 3.63) is 62.8 Å². The van der Waals surface area contributed by atoms with Crippen molar-refractivity contribution in [3.8, 4) is 17.1 Å². The molecule has 26 heavy (non-hydrogen) atoms. The van der Waals surface area contributed by atoms with Crippen molar-refractivity contribution < 1.29 is 19.1 Å². The summed E-state index contributed by atoms with van der Waals surface area (Å²) in [4.78, 5) is 24.2. The van der Waals surface area contributed by atoms with Crippen LogP contribution < -0.4 is 10.2 Å². The predicted octanol–water partition coefficient (Wildman–Crippen LogP) is 4.58. The van der Waals surface area contributed by atoms with E-state index in [1.165, 1.54) is 6.92 Å². The maximum Gasteiger partial charge on any atom is 0.344 e. The molecule has 0 bridgehead atoms. The van der Waals surface area contributed by atoms with Crippen LogP contribution in [0.1, 0.15) is 18.1 Å². The summed E-state index contributed by atoms with van der Waals surface area (Å²) in [5, 5.41) is 9.86. The highest BCUT2D eigenvalue weighted by atomic mass is 35.5. The van der Waals surface area contributed by atoms with Crippen LogP contribution in [0.15, 0.2) is 45.6 Å². The van der Waals surface area contributed by atoms with Gasteiger partial charge in [0.25, 0.3) is 0 Å². The first-order valence-electron chi connectivity index (χ1n) is 8.02. The second kappa shape index (κ2) is 6.84. The number of carbonyl (C=O) groups is 1. The molecule has 5 nitrogen and oxygen atoms in total. The van der Waals surface area contributed by atoms with Crippen LogP contribution in [0.25, 0.3) is 22.3 Å². The predicted molar refractivity (Wildman–Crippen MR) is 100 cm³/mol. The van der Waals surface area contributed by atoms with Gasteiger partial charge in [-0.2, -0.15) is 0 Å². The molecule has 0 radical (unpaired) electrons. The van der Waals surface area contributed by atoms with Gasteiger partial charge in [-0.3, -0.25) is 4.79 Å². The Hall–Kier alpha value is -2.79. The van der Waals surface area contributed by atoms with E-state index in [2.05, 4.69) is 0 Å². The highest BCUT2D eigenvalue weighted by Crippen LogP contribution is 2.36. The Balaban J connectivity index is 2.36. The summed E-state index contributed by atoms with van der Waals surface area (Å²) in [6.07, 6.45) is -1.22. The van der Waals surface area contributed by atoms with Gasteiger partial charge in [-0.1, -0.05) is 23.7 Å². The number of aliphatic carboxylic acids is 1. The molecule has 3 rings (SSSR count). The topological polar surface area (TPSA) is 76.7 Å². The molecule has 1 aromatic heterocycles. The first-order chi connectivity index (χ1) is 12.3. The van der Waals surface area contributed by atoms with Gasteiger partial charge in [0.2, 0.25) is 11.2 Å². The largest absolute Gasteiger partial charge is 0.479 e. The molecule has 1 N–H and O–H groups in total. The number of hydrogen-bond donors (Lipinski definition) is 1. The van der Waals surface area contributed by atoms with Gasteiger partial charge in [0.15, 0.2) is 11.9 Å². The van der Waals surface area contributed by atoms with Gasteiger partial charge in [0.1, 0.15) is 5.58 Å². The first kappa shape index (κ1) is 18.0. The lowest BCUT2D eigenvalue weighted by molar-refractivity contribution is -0.144. The number of hydrogen-bond acceptors (Lipinski definition) is 4. The summed E-state index contributed by atoms with van der Waals surface area (Å²) in [5.74, 6) is -1.23. The van der Waals surface area contributed by atoms with Crippen LogP contribution in [-0.2, 0) is 4.79 Å². The average molecular weight is 373 g/mol. The van der Waals surface area contributed by atoms with Gasteiger partial charge >= 0.3 is 5.97 Å². The molecule has 0 saturated carbocycles. The van der Waals surface area contributed by atoms with E-state index in [1.54, 1.807) is 36.4 Å². The standard InChI is InChI=1S/C20H17ClO5/c1-10-8-14-16(9-11(10)2)26-18(13-6-4-5-7-15(13)21)19(17(14)22)25-12(3)20(23)24/h4-9,12H,1-3H3,(H,23,24). The van der Waals surface area contributed by atoms with Gasteiger partial charge < -0.3 is 14.3 Å². The van der Waals surface area contributed by atoms with Crippen molar-refractivity contribution in [1.82, 2.24) is 0 Å². The minimum Gasteiger partial charge on any atom is -0.479 e. The molecule has 1 heterocycles. The summed E-state index contributed by atoms with van der Waals surface area (Å²) in [6, 6.07) is 10.3. The molecule has 0 spiro atoms. The molecule has 3 aromatic rings. The Kier molecular flexibility index (Phi) is 4.74. The van der Waals surface area contributed by atoms with E-state index >= 15 is 0 Å². The van der Waals surface area contributed by atoms with E-state index in [0.717, 1.165) is 11.1 Å².